The molecule has 1 unspecified atom stereocenters. The van der Waals surface area contributed by atoms with E-state index in [-0.39, 0.29) is 35.9 Å². The number of hydrogen-bond acceptors (Lipinski definition) is 4. The monoisotopic (exact) mass is 539 g/mol. The first-order chi connectivity index (χ1) is 14.5. The first kappa shape index (κ1) is 25.2. The zero-order valence-electron chi connectivity index (χ0n) is 18.9. The molecule has 0 aliphatic carbocycles. The van der Waals surface area contributed by atoms with Gasteiger partial charge in [0.25, 0.3) is 0 Å². The second-order valence-electron chi connectivity index (χ2n) is 7.73. The number of benzene rings is 1. The minimum atomic E-state index is -0.105. The fourth-order valence-corrected chi connectivity index (χ4v) is 4.02. The number of guanidine groups is 1. The van der Waals surface area contributed by atoms with Gasteiger partial charge in [0.2, 0.25) is 0 Å². The van der Waals surface area contributed by atoms with E-state index in [1.807, 2.05) is 19.9 Å². The lowest BCUT2D eigenvalue weighted by Crippen LogP contribution is -2.48. The topological polar surface area (TPSA) is 71.8 Å². The van der Waals surface area contributed by atoms with Crippen molar-refractivity contribution in [2.45, 2.75) is 46.7 Å². The maximum absolute atomic E-state index is 12.2. The van der Waals surface area contributed by atoms with E-state index in [4.69, 9.17) is 9.84 Å². The van der Waals surface area contributed by atoms with Crippen LogP contribution in [-0.2, 0) is 22.6 Å². The molecular weight excluding hydrogens is 505 g/mol. The van der Waals surface area contributed by atoms with Crippen molar-refractivity contribution >= 4 is 35.9 Å². The molecule has 0 spiro atoms. The number of carbonyl (C=O) groups is 1. The van der Waals surface area contributed by atoms with Crippen LogP contribution in [0.5, 0.6) is 0 Å². The Labute approximate surface area is 202 Å². The minimum absolute atomic E-state index is 0. The third-order valence-corrected chi connectivity index (χ3v) is 5.68. The number of rotatable bonds is 6. The van der Waals surface area contributed by atoms with Crippen LogP contribution in [-0.4, -0.2) is 53.4 Å². The summed E-state index contributed by atoms with van der Waals surface area (Å²) in [5.41, 5.74) is 4.60. The van der Waals surface area contributed by atoms with Crippen molar-refractivity contribution in [1.29, 1.82) is 0 Å². The number of aromatic nitrogens is 2. The van der Waals surface area contributed by atoms with Crippen LogP contribution in [0.1, 0.15) is 42.3 Å². The summed E-state index contributed by atoms with van der Waals surface area (Å²) in [6, 6.07) is 10.4. The Kier molecular flexibility index (Phi) is 9.80. The van der Waals surface area contributed by atoms with Crippen LogP contribution in [0, 0.1) is 19.8 Å². The van der Waals surface area contributed by atoms with Gasteiger partial charge in [-0.05, 0) is 39.2 Å². The summed E-state index contributed by atoms with van der Waals surface area (Å²) in [4.78, 5) is 18.8. The molecule has 170 valence electrons. The summed E-state index contributed by atoms with van der Waals surface area (Å²) in [5.74, 6) is 0.625. The van der Waals surface area contributed by atoms with Crippen molar-refractivity contribution in [2.24, 2.45) is 10.9 Å². The van der Waals surface area contributed by atoms with Gasteiger partial charge in [-0.25, -0.2) is 0 Å². The number of hydrogen-bond donors (Lipinski definition) is 1. The molecule has 1 atom stereocenters. The average Bonchev–Trinajstić information content (AvgIpc) is 3.02. The van der Waals surface area contributed by atoms with Crippen molar-refractivity contribution in [1.82, 2.24) is 20.0 Å². The van der Waals surface area contributed by atoms with Gasteiger partial charge in [-0.2, -0.15) is 5.10 Å². The van der Waals surface area contributed by atoms with Gasteiger partial charge >= 0.3 is 5.97 Å². The maximum atomic E-state index is 12.2. The Morgan fingerprint density at radius 2 is 2.03 bits per heavy atom. The summed E-state index contributed by atoms with van der Waals surface area (Å²) >= 11 is 0. The fraction of sp³-hybridized carbons (Fsp3) is 0.522. The van der Waals surface area contributed by atoms with Crippen LogP contribution in [0.2, 0.25) is 0 Å². The third kappa shape index (κ3) is 6.44. The highest BCUT2D eigenvalue weighted by Crippen LogP contribution is 2.19. The van der Waals surface area contributed by atoms with Crippen molar-refractivity contribution < 1.29 is 9.53 Å². The molecule has 2 heterocycles. The van der Waals surface area contributed by atoms with E-state index in [9.17, 15) is 4.79 Å². The van der Waals surface area contributed by atoms with Gasteiger partial charge in [-0.1, -0.05) is 30.3 Å². The molecule has 1 saturated heterocycles. The number of piperidine rings is 1. The van der Waals surface area contributed by atoms with E-state index in [0.29, 0.717) is 19.7 Å². The number of carbonyl (C=O) groups excluding carboxylic acids is 1. The Morgan fingerprint density at radius 3 is 2.71 bits per heavy atom. The first-order valence-corrected chi connectivity index (χ1v) is 10.7. The van der Waals surface area contributed by atoms with Crippen molar-refractivity contribution in [2.75, 3.05) is 26.7 Å². The van der Waals surface area contributed by atoms with Crippen molar-refractivity contribution in [3.05, 3.63) is 52.8 Å². The molecule has 3 rings (SSSR count). The van der Waals surface area contributed by atoms with Crippen molar-refractivity contribution in [3.8, 4) is 0 Å². The number of aryl methyl sites for hydroxylation is 1. The highest BCUT2D eigenvalue weighted by Gasteiger charge is 2.28. The van der Waals surface area contributed by atoms with Crippen LogP contribution in [0.4, 0.5) is 0 Å². The first-order valence-electron chi connectivity index (χ1n) is 10.7. The molecule has 1 aromatic carbocycles. The summed E-state index contributed by atoms with van der Waals surface area (Å²) in [7, 11) is 1.79. The van der Waals surface area contributed by atoms with E-state index in [0.717, 1.165) is 43.3 Å². The molecule has 1 aliphatic rings. The Balaban J connectivity index is 0.00000341. The van der Waals surface area contributed by atoms with Crippen LogP contribution >= 0.6 is 24.0 Å². The molecule has 0 bridgehead atoms. The van der Waals surface area contributed by atoms with E-state index < -0.39 is 0 Å². The third-order valence-electron chi connectivity index (χ3n) is 5.68. The molecule has 1 N–H and O–H groups in total. The fourth-order valence-electron chi connectivity index (χ4n) is 4.02. The summed E-state index contributed by atoms with van der Waals surface area (Å²) in [6.45, 7) is 9.38. The minimum Gasteiger partial charge on any atom is -0.466 e. The number of nitrogens with zero attached hydrogens (tertiary/aromatic N) is 4. The SMILES string of the molecule is CCOC(=O)C1CCCN(C(=NC)NCc2c(C)nn(Cc3ccccc3)c2C)C1.I. The zero-order chi connectivity index (χ0) is 21.5. The number of halogens is 1. The summed E-state index contributed by atoms with van der Waals surface area (Å²) < 4.78 is 7.28. The molecule has 1 fully saturated rings. The van der Waals surface area contributed by atoms with E-state index in [1.165, 1.54) is 11.1 Å². The van der Waals surface area contributed by atoms with Crippen LogP contribution in [0.15, 0.2) is 35.3 Å². The molecule has 31 heavy (non-hydrogen) atoms. The number of esters is 1. The quantitative estimate of drug-likeness (QED) is 0.263. The predicted molar refractivity (Wildman–Crippen MR) is 134 cm³/mol. The van der Waals surface area contributed by atoms with Crippen LogP contribution in [0.25, 0.3) is 0 Å². The second kappa shape index (κ2) is 12.1. The molecule has 0 amide bonds. The maximum Gasteiger partial charge on any atom is 0.310 e. The lowest BCUT2D eigenvalue weighted by Gasteiger charge is -2.34. The Morgan fingerprint density at radius 1 is 1.29 bits per heavy atom. The largest absolute Gasteiger partial charge is 0.466 e. The molecular formula is C23H34IN5O2. The number of nitrogens with one attached hydrogen (secondary N) is 1. The number of aliphatic imine (C=N–C) groups is 1. The number of likely N-dealkylation sites (tertiary alicyclic amines) is 1. The van der Waals surface area contributed by atoms with Crippen LogP contribution in [0.3, 0.4) is 0 Å². The number of ether oxygens (including phenoxy) is 1. The average molecular weight is 539 g/mol. The smallest absolute Gasteiger partial charge is 0.310 e. The van der Waals surface area contributed by atoms with Gasteiger partial charge in [-0.15, -0.1) is 24.0 Å². The highest BCUT2D eigenvalue weighted by molar-refractivity contribution is 14.0. The highest BCUT2D eigenvalue weighted by atomic mass is 127. The molecule has 0 radical (unpaired) electrons. The predicted octanol–water partition coefficient (Wildman–Crippen LogP) is 3.52. The van der Waals surface area contributed by atoms with E-state index >= 15 is 0 Å². The van der Waals surface area contributed by atoms with Gasteiger partial charge in [0.05, 0.1) is 24.8 Å². The van der Waals surface area contributed by atoms with Gasteiger partial charge in [0.15, 0.2) is 5.96 Å². The van der Waals surface area contributed by atoms with Gasteiger partial charge in [-0.3, -0.25) is 14.5 Å². The summed E-state index contributed by atoms with van der Waals surface area (Å²) in [6.07, 6.45) is 1.83. The van der Waals surface area contributed by atoms with Gasteiger partial charge < -0.3 is 15.0 Å². The molecule has 7 nitrogen and oxygen atoms in total. The van der Waals surface area contributed by atoms with Gasteiger partial charge in [0, 0.05) is 37.9 Å². The normalized spacial score (nSPS) is 16.6. The molecule has 1 aromatic heterocycles. The van der Waals surface area contributed by atoms with Crippen LogP contribution < -0.4 is 5.32 Å². The zero-order valence-corrected chi connectivity index (χ0v) is 21.3. The molecule has 0 saturated carbocycles. The Hall–Kier alpha value is -2.10. The molecule has 8 heteroatoms. The second-order valence-corrected chi connectivity index (χ2v) is 7.73. The standard InChI is InChI=1S/C23H33N5O2.HI/c1-5-30-22(29)20-12-9-13-27(16-20)23(24-4)25-14-21-17(2)26-28(18(21)3)15-19-10-7-6-8-11-19;/h6-8,10-11,20H,5,9,12-16H2,1-4H3,(H,24,25);1H. The van der Waals surface area contributed by atoms with E-state index in [2.05, 4.69) is 51.1 Å². The Bertz CT molecular complexity index is 882. The molecule has 2 aromatic rings. The summed E-state index contributed by atoms with van der Waals surface area (Å²) in [5, 5.41) is 8.22. The lowest BCUT2D eigenvalue weighted by molar-refractivity contribution is -0.149. The van der Waals surface area contributed by atoms with E-state index in [1.54, 1.807) is 7.05 Å². The van der Waals surface area contributed by atoms with Gasteiger partial charge in [0.1, 0.15) is 0 Å². The van der Waals surface area contributed by atoms with Crippen molar-refractivity contribution in [3.63, 3.8) is 0 Å². The molecule has 1 aliphatic heterocycles. The lowest BCUT2D eigenvalue weighted by atomic mass is 9.98.